The Bertz CT molecular complexity index is 496. The van der Waals surface area contributed by atoms with Gasteiger partial charge in [0, 0.05) is 17.6 Å². The molecule has 2 N–H and O–H groups in total. The van der Waals surface area contributed by atoms with E-state index in [-0.39, 0.29) is 6.61 Å². The van der Waals surface area contributed by atoms with Crippen molar-refractivity contribution in [2.75, 3.05) is 0 Å². The summed E-state index contributed by atoms with van der Waals surface area (Å²) in [5, 5.41) is 12.4. The van der Waals surface area contributed by atoms with Gasteiger partial charge in [-0.2, -0.15) is 0 Å². The summed E-state index contributed by atoms with van der Waals surface area (Å²) in [6.07, 6.45) is 0. The van der Waals surface area contributed by atoms with Gasteiger partial charge in [0.15, 0.2) is 0 Å². The van der Waals surface area contributed by atoms with E-state index in [2.05, 4.69) is 33.4 Å². The zero-order chi connectivity index (χ0) is 12.8. The van der Waals surface area contributed by atoms with Gasteiger partial charge in [-0.05, 0) is 28.8 Å². The van der Waals surface area contributed by atoms with Gasteiger partial charge in [-0.15, -0.1) is 0 Å². The number of benzene rings is 2. The zero-order valence-electron chi connectivity index (χ0n) is 10.1. The van der Waals surface area contributed by atoms with Crippen molar-refractivity contribution in [1.82, 2.24) is 5.32 Å². The molecule has 18 heavy (non-hydrogen) atoms. The molecule has 0 amide bonds. The van der Waals surface area contributed by atoms with E-state index >= 15 is 0 Å². The number of hydrogen-bond donors (Lipinski definition) is 2. The molecule has 2 rings (SSSR count). The molecule has 2 nitrogen and oxygen atoms in total. The molecule has 0 fully saturated rings. The monoisotopic (exact) mass is 305 g/mol. The molecule has 0 aromatic heterocycles. The van der Waals surface area contributed by atoms with Crippen molar-refractivity contribution < 1.29 is 5.11 Å². The van der Waals surface area contributed by atoms with E-state index in [0.29, 0.717) is 0 Å². The molecular formula is C15H16BrNO. The first-order chi connectivity index (χ1) is 8.78. The topological polar surface area (TPSA) is 32.3 Å². The molecule has 0 aliphatic heterocycles. The predicted molar refractivity (Wildman–Crippen MR) is 77.1 cm³/mol. The first-order valence-corrected chi connectivity index (χ1v) is 6.71. The van der Waals surface area contributed by atoms with Crippen LogP contribution in [0.4, 0.5) is 0 Å². The maximum atomic E-state index is 8.96. The highest BCUT2D eigenvalue weighted by Crippen LogP contribution is 2.11. The third-order valence-corrected chi connectivity index (χ3v) is 3.25. The Morgan fingerprint density at radius 1 is 0.889 bits per heavy atom. The summed E-state index contributed by atoms with van der Waals surface area (Å²) in [4.78, 5) is 0. The lowest BCUT2D eigenvalue weighted by molar-refractivity contribution is 0.282. The highest BCUT2D eigenvalue weighted by molar-refractivity contribution is 9.10. The summed E-state index contributed by atoms with van der Waals surface area (Å²) in [6, 6.07) is 16.3. The first kappa shape index (κ1) is 13.3. The van der Waals surface area contributed by atoms with Gasteiger partial charge in [-0.25, -0.2) is 0 Å². The van der Waals surface area contributed by atoms with Gasteiger partial charge in [0.05, 0.1) is 6.61 Å². The SMILES string of the molecule is OCc1ccc(CNCc2cccc(Br)c2)cc1. The van der Waals surface area contributed by atoms with Crippen molar-refractivity contribution in [3.05, 3.63) is 69.7 Å². The Balaban J connectivity index is 1.84. The van der Waals surface area contributed by atoms with Gasteiger partial charge >= 0.3 is 0 Å². The molecule has 0 heterocycles. The van der Waals surface area contributed by atoms with Gasteiger partial charge in [0.1, 0.15) is 0 Å². The second-order valence-corrected chi connectivity index (χ2v) is 5.12. The van der Waals surface area contributed by atoms with E-state index in [4.69, 9.17) is 5.11 Å². The van der Waals surface area contributed by atoms with Crippen molar-refractivity contribution >= 4 is 15.9 Å². The van der Waals surface area contributed by atoms with E-state index in [1.807, 2.05) is 36.4 Å². The first-order valence-electron chi connectivity index (χ1n) is 5.92. The summed E-state index contributed by atoms with van der Waals surface area (Å²) in [6.45, 7) is 1.78. The molecule has 0 unspecified atom stereocenters. The van der Waals surface area contributed by atoms with Crippen LogP contribution < -0.4 is 5.32 Å². The Kier molecular flexibility index (Phi) is 4.93. The number of aliphatic hydroxyl groups is 1. The Hall–Kier alpha value is -1.16. The third-order valence-electron chi connectivity index (χ3n) is 2.75. The average Bonchev–Trinajstić information content (AvgIpc) is 2.40. The Morgan fingerprint density at radius 2 is 1.56 bits per heavy atom. The lowest BCUT2D eigenvalue weighted by Gasteiger charge is -2.06. The van der Waals surface area contributed by atoms with Gasteiger partial charge in [0.25, 0.3) is 0 Å². The van der Waals surface area contributed by atoms with Gasteiger partial charge in [-0.3, -0.25) is 0 Å². The fraction of sp³-hybridized carbons (Fsp3) is 0.200. The molecule has 0 bridgehead atoms. The van der Waals surface area contributed by atoms with Crippen LogP contribution in [-0.2, 0) is 19.7 Å². The predicted octanol–water partition coefficient (Wildman–Crippen LogP) is 3.23. The van der Waals surface area contributed by atoms with Gasteiger partial charge in [-0.1, -0.05) is 52.3 Å². The molecular weight excluding hydrogens is 290 g/mol. The van der Waals surface area contributed by atoms with Crippen LogP contribution in [0.1, 0.15) is 16.7 Å². The van der Waals surface area contributed by atoms with Crippen molar-refractivity contribution in [2.45, 2.75) is 19.7 Å². The van der Waals surface area contributed by atoms with Crippen LogP contribution in [-0.4, -0.2) is 5.11 Å². The van der Waals surface area contributed by atoms with E-state index in [9.17, 15) is 0 Å². The Labute approximate surface area is 116 Å². The van der Waals surface area contributed by atoms with Crippen LogP contribution in [0.3, 0.4) is 0 Å². The third kappa shape index (κ3) is 3.95. The summed E-state index contributed by atoms with van der Waals surface area (Å²) < 4.78 is 1.11. The fourth-order valence-electron chi connectivity index (χ4n) is 1.76. The number of hydrogen-bond acceptors (Lipinski definition) is 2. The summed E-state index contributed by atoms with van der Waals surface area (Å²) in [5.74, 6) is 0. The van der Waals surface area contributed by atoms with Crippen LogP contribution in [0.5, 0.6) is 0 Å². The summed E-state index contributed by atoms with van der Waals surface area (Å²) in [5.41, 5.74) is 3.43. The highest BCUT2D eigenvalue weighted by atomic mass is 79.9. The number of halogens is 1. The number of nitrogens with one attached hydrogen (secondary N) is 1. The van der Waals surface area contributed by atoms with Gasteiger partial charge < -0.3 is 10.4 Å². The lowest BCUT2D eigenvalue weighted by Crippen LogP contribution is -2.12. The van der Waals surface area contributed by atoms with E-state index in [1.54, 1.807) is 0 Å². The normalized spacial score (nSPS) is 10.6. The smallest absolute Gasteiger partial charge is 0.0681 e. The van der Waals surface area contributed by atoms with Crippen LogP contribution in [0, 0.1) is 0 Å². The quantitative estimate of drug-likeness (QED) is 0.889. The van der Waals surface area contributed by atoms with E-state index in [1.165, 1.54) is 11.1 Å². The highest BCUT2D eigenvalue weighted by Gasteiger charge is 1.96. The molecule has 0 saturated carbocycles. The minimum atomic E-state index is 0.103. The lowest BCUT2D eigenvalue weighted by atomic mass is 10.1. The molecule has 0 radical (unpaired) electrons. The summed E-state index contributed by atoms with van der Waals surface area (Å²) >= 11 is 3.46. The molecule has 94 valence electrons. The largest absolute Gasteiger partial charge is 0.392 e. The van der Waals surface area contributed by atoms with E-state index < -0.39 is 0 Å². The second kappa shape index (κ2) is 6.69. The Morgan fingerprint density at radius 3 is 2.22 bits per heavy atom. The van der Waals surface area contributed by atoms with Crippen LogP contribution >= 0.6 is 15.9 Å². The molecule has 0 aliphatic carbocycles. The zero-order valence-corrected chi connectivity index (χ0v) is 11.7. The minimum absolute atomic E-state index is 0.103. The molecule has 2 aromatic rings. The average molecular weight is 306 g/mol. The van der Waals surface area contributed by atoms with Crippen molar-refractivity contribution in [3.8, 4) is 0 Å². The standard InChI is InChI=1S/C15H16BrNO/c16-15-3-1-2-14(8-15)10-17-9-12-4-6-13(11-18)7-5-12/h1-8,17-18H,9-11H2. The molecule has 0 atom stereocenters. The molecule has 0 aliphatic rings. The minimum Gasteiger partial charge on any atom is -0.392 e. The van der Waals surface area contributed by atoms with Crippen LogP contribution in [0.15, 0.2) is 53.0 Å². The van der Waals surface area contributed by atoms with Crippen LogP contribution in [0.25, 0.3) is 0 Å². The molecule has 0 saturated heterocycles. The van der Waals surface area contributed by atoms with Crippen molar-refractivity contribution in [3.63, 3.8) is 0 Å². The van der Waals surface area contributed by atoms with E-state index in [0.717, 1.165) is 23.1 Å². The van der Waals surface area contributed by atoms with Gasteiger partial charge in [0.2, 0.25) is 0 Å². The molecule has 2 aromatic carbocycles. The maximum absolute atomic E-state index is 8.96. The fourth-order valence-corrected chi connectivity index (χ4v) is 2.21. The number of aliphatic hydroxyl groups excluding tert-OH is 1. The second-order valence-electron chi connectivity index (χ2n) is 4.21. The molecule has 0 spiro atoms. The number of rotatable bonds is 5. The molecule has 3 heteroatoms. The van der Waals surface area contributed by atoms with Crippen LogP contribution in [0.2, 0.25) is 0 Å². The maximum Gasteiger partial charge on any atom is 0.0681 e. The van der Waals surface area contributed by atoms with Crippen molar-refractivity contribution in [1.29, 1.82) is 0 Å². The van der Waals surface area contributed by atoms with Crippen molar-refractivity contribution in [2.24, 2.45) is 0 Å². The summed E-state index contributed by atoms with van der Waals surface area (Å²) in [7, 11) is 0.